The molecule has 4 nitrogen and oxygen atoms in total. The van der Waals surface area contributed by atoms with E-state index >= 15 is 0 Å². The number of pyridine rings is 1. The molecule has 1 aromatic carbocycles. The molecule has 0 aliphatic heterocycles. The van der Waals surface area contributed by atoms with E-state index in [1.54, 1.807) is 0 Å². The number of nitrogens with zero attached hydrogens (tertiary/aromatic N) is 3. The predicted molar refractivity (Wildman–Crippen MR) is 89.1 cm³/mol. The van der Waals surface area contributed by atoms with E-state index in [9.17, 15) is 0 Å². The Labute approximate surface area is 128 Å². The summed E-state index contributed by atoms with van der Waals surface area (Å²) in [7, 11) is 0. The average Bonchev–Trinajstić information content (AvgIpc) is 2.83. The number of aryl methyl sites for hydroxylation is 2. The summed E-state index contributed by atoms with van der Waals surface area (Å²) in [6.07, 6.45) is 2.49. The van der Waals surface area contributed by atoms with E-state index in [0.29, 0.717) is 18.0 Å². The van der Waals surface area contributed by atoms with Gasteiger partial charge >= 0.3 is 0 Å². The molecular weight excluding hydrogens is 280 g/mol. The van der Waals surface area contributed by atoms with Crippen LogP contribution in [0.2, 0.25) is 0 Å². The molecule has 0 saturated heterocycles. The monoisotopic (exact) mass is 296 g/mol. The van der Waals surface area contributed by atoms with Gasteiger partial charge in [0.2, 0.25) is 0 Å². The Balaban J connectivity index is 2.17. The number of hydrogen-bond acceptors (Lipinski definition) is 3. The van der Waals surface area contributed by atoms with Crippen LogP contribution in [-0.2, 0) is 6.54 Å². The summed E-state index contributed by atoms with van der Waals surface area (Å²) >= 11 is 5.00. The second-order valence-electron chi connectivity index (χ2n) is 5.02. The minimum absolute atomic E-state index is 0.503. The minimum atomic E-state index is 0.503. The largest absolute Gasteiger partial charge is 0.393 e. The Kier molecular flexibility index (Phi) is 3.66. The first kappa shape index (κ1) is 13.7. The van der Waals surface area contributed by atoms with Crippen LogP contribution in [0.15, 0.2) is 42.6 Å². The number of rotatable bonds is 4. The predicted octanol–water partition coefficient (Wildman–Crippen LogP) is 3.08. The van der Waals surface area contributed by atoms with Gasteiger partial charge in [-0.1, -0.05) is 42.5 Å². The molecule has 0 spiro atoms. The lowest BCUT2D eigenvalue weighted by Gasteiger charge is -2.08. The van der Waals surface area contributed by atoms with Crippen molar-refractivity contribution in [1.82, 2.24) is 14.5 Å². The lowest BCUT2D eigenvalue weighted by atomic mass is 10.2. The van der Waals surface area contributed by atoms with Gasteiger partial charge in [0, 0.05) is 24.7 Å². The number of benzene rings is 1. The van der Waals surface area contributed by atoms with Crippen LogP contribution >= 0.6 is 12.2 Å². The van der Waals surface area contributed by atoms with Crippen LogP contribution in [0, 0.1) is 6.92 Å². The van der Waals surface area contributed by atoms with Crippen LogP contribution in [-0.4, -0.2) is 19.5 Å². The molecule has 5 heteroatoms. The van der Waals surface area contributed by atoms with Crippen LogP contribution in [0.5, 0.6) is 0 Å². The van der Waals surface area contributed by atoms with Gasteiger partial charge in [-0.3, -0.25) is 0 Å². The van der Waals surface area contributed by atoms with E-state index in [4.69, 9.17) is 22.9 Å². The average molecular weight is 296 g/mol. The van der Waals surface area contributed by atoms with Gasteiger partial charge in [0.1, 0.15) is 11.3 Å². The highest BCUT2D eigenvalue weighted by Gasteiger charge is 2.13. The van der Waals surface area contributed by atoms with Crippen molar-refractivity contribution in [3.05, 3.63) is 48.2 Å². The summed E-state index contributed by atoms with van der Waals surface area (Å²) in [5, 5.41) is 0. The fourth-order valence-electron chi connectivity index (χ4n) is 2.35. The quantitative estimate of drug-likeness (QED) is 0.752. The first-order chi connectivity index (χ1) is 10.1. The number of nitrogens with two attached hydrogens (primary N) is 1. The second-order valence-corrected chi connectivity index (χ2v) is 5.55. The van der Waals surface area contributed by atoms with E-state index in [-0.39, 0.29) is 0 Å². The van der Waals surface area contributed by atoms with Crippen LogP contribution < -0.4 is 5.73 Å². The van der Waals surface area contributed by atoms with Gasteiger partial charge in [-0.25, -0.2) is 9.97 Å². The van der Waals surface area contributed by atoms with Crippen LogP contribution in [0.25, 0.3) is 22.6 Å². The van der Waals surface area contributed by atoms with Gasteiger partial charge in [-0.2, -0.15) is 0 Å². The molecule has 2 heterocycles. The zero-order valence-electron chi connectivity index (χ0n) is 11.8. The van der Waals surface area contributed by atoms with Gasteiger partial charge in [0.25, 0.3) is 0 Å². The molecular formula is C16H16N4S. The number of fused-ring (bicyclic) bond motifs is 1. The molecule has 2 aromatic heterocycles. The van der Waals surface area contributed by atoms with E-state index in [0.717, 1.165) is 28.1 Å². The maximum Gasteiger partial charge on any atom is 0.160 e. The van der Waals surface area contributed by atoms with E-state index < -0.39 is 0 Å². The SMILES string of the molecule is Cc1cnc2c(c1)nc(-c1ccccc1)n2CCC(N)=S. The van der Waals surface area contributed by atoms with Crippen molar-refractivity contribution >= 4 is 28.4 Å². The van der Waals surface area contributed by atoms with Crippen molar-refractivity contribution in [3.8, 4) is 11.4 Å². The van der Waals surface area contributed by atoms with Crippen molar-refractivity contribution in [2.45, 2.75) is 19.9 Å². The van der Waals surface area contributed by atoms with Gasteiger partial charge < -0.3 is 10.3 Å². The third kappa shape index (κ3) is 2.78. The third-order valence-corrected chi connectivity index (χ3v) is 3.54. The van der Waals surface area contributed by atoms with Crippen LogP contribution in [0.4, 0.5) is 0 Å². The number of hydrogen-bond donors (Lipinski definition) is 1. The lowest BCUT2D eigenvalue weighted by Crippen LogP contribution is -2.12. The van der Waals surface area contributed by atoms with Gasteiger partial charge in [0.15, 0.2) is 5.65 Å². The van der Waals surface area contributed by atoms with Crippen molar-refractivity contribution in [2.75, 3.05) is 0 Å². The first-order valence-corrected chi connectivity index (χ1v) is 7.22. The standard InChI is InChI=1S/C16H16N4S/c1-11-9-13-16(18-10-11)20(8-7-14(17)21)15(19-13)12-5-3-2-4-6-12/h2-6,9-10H,7-8H2,1H3,(H2,17,21). The molecule has 0 amide bonds. The maximum atomic E-state index is 5.64. The van der Waals surface area contributed by atoms with E-state index in [1.807, 2.05) is 49.5 Å². The summed E-state index contributed by atoms with van der Waals surface area (Å²) in [5.74, 6) is 0.903. The Morgan fingerprint density at radius 3 is 2.76 bits per heavy atom. The second kappa shape index (κ2) is 5.61. The Morgan fingerprint density at radius 2 is 2.05 bits per heavy atom. The van der Waals surface area contributed by atoms with Crippen LogP contribution in [0.3, 0.4) is 0 Å². The molecule has 3 aromatic rings. The van der Waals surface area contributed by atoms with E-state index in [2.05, 4.69) is 9.55 Å². The summed E-state index contributed by atoms with van der Waals surface area (Å²) in [6.45, 7) is 2.70. The Morgan fingerprint density at radius 1 is 1.29 bits per heavy atom. The zero-order chi connectivity index (χ0) is 14.8. The first-order valence-electron chi connectivity index (χ1n) is 6.82. The summed E-state index contributed by atoms with van der Waals surface area (Å²) < 4.78 is 2.09. The molecule has 0 unspecified atom stereocenters. The van der Waals surface area contributed by atoms with Gasteiger partial charge in [0.05, 0.1) is 4.99 Å². The molecule has 0 fully saturated rings. The van der Waals surface area contributed by atoms with Crippen molar-refractivity contribution < 1.29 is 0 Å². The molecule has 0 bridgehead atoms. The van der Waals surface area contributed by atoms with E-state index in [1.165, 1.54) is 0 Å². The van der Waals surface area contributed by atoms with Crippen molar-refractivity contribution in [2.24, 2.45) is 5.73 Å². The summed E-state index contributed by atoms with van der Waals surface area (Å²) in [5.41, 5.74) is 9.58. The number of aromatic nitrogens is 3. The molecule has 0 radical (unpaired) electrons. The normalized spacial score (nSPS) is 10.9. The smallest absolute Gasteiger partial charge is 0.160 e. The van der Waals surface area contributed by atoms with Crippen LogP contribution in [0.1, 0.15) is 12.0 Å². The number of imidazole rings is 1. The minimum Gasteiger partial charge on any atom is -0.393 e. The van der Waals surface area contributed by atoms with Crippen molar-refractivity contribution in [3.63, 3.8) is 0 Å². The summed E-state index contributed by atoms with van der Waals surface area (Å²) in [4.78, 5) is 9.76. The summed E-state index contributed by atoms with van der Waals surface area (Å²) in [6, 6.07) is 12.1. The van der Waals surface area contributed by atoms with Gasteiger partial charge in [-0.15, -0.1) is 0 Å². The third-order valence-electron chi connectivity index (χ3n) is 3.34. The molecule has 0 saturated carbocycles. The Bertz CT molecular complexity index is 793. The Hall–Kier alpha value is -2.27. The fraction of sp³-hybridized carbons (Fsp3) is 0.188. The molecule has 21 heavy (non-hydrogen) atoms. The molecule has 3 rings (SSSR count). The fourth-order valence-corrected chi connectivity index (χ4v) is 2.44. The number of thiocarbonyl (C=S) groups is 1. The van der Waals surface area contributed by atoms with Crippen molar-refractivity contribution in [1.29, 1.82) is 0 Å². The molecule has 106 valence electrons. The molecule has 2 N–H and O–H groups in total. The maximum absolute atomic E-state index is 5.64. The lowest BCUT2D eigenvalue weighted by molar-refractivity contribution is 0.749. The highest BCUT2D eigenvalue weighted by molar-refractivity contribution is 7.80. The molecule has 0 atom stereocenters. The molecule has 0 aliphatic rings. The molecule has 0 aliphatic carbocycles. The highest BCUT2D eigenvalue weighted by Crippen LogP contribution is 2.24. The topological polar surface area (TPSA) is 56.7 Å². The zero-order valence-corrected chi connectivity index (χ0v) is 12.6. The van der Waals surface area contributed by atoms with Gasteiger partial charge in [-0.05, 0) is 18.6 Å². The highest BCUT2D eigenvalue weighted by atomic mass is 32.1.